The second-order valence-electron chi connectivity index (χ2n) is 4.93. The highest BCUT2D eigenvalue weighted by atomic mass is 19.1. The van der Waals surface area contributed by atoms with Crippen LogP contribution in [0.2, 0.25) is 0 Å². The summed E-state index contributed by atoms with van der Waals surface area (Å²) in [5.74, 6) is -0.685. The monoisotopic (exact) mass is 282 g/mol. The van der Waals surface area contributed by atoms with Gasteiger partial charge in [-0.1, -0.05) is 19.4 Å². The zero-order chi connectivity index (χ0) is 15.1. The van der Waals surface area contributed by atoms with Crippen LogP contribution in [-0.4, -0.2) is 18.1 Å². The number of halogens is 1. The van der Waals surface area contributed by atoms with Crippen molar-refractivity contribution >= 4 is 5.91 Å². The summed E-state index contributed by atoms with van der Waals surface area (Å²) in [7, 11) is 0. The third-order valence-corrected chi connectivity index (χ3v) is 3.02. The van der Waals surface area contributed by atoms with Crippen molar-refractivity contribution in [1.29, 1.82) is 0 Å². The van der Waals surface area contributed by atoms with Gasteiger partial charge in [0.2, 0.25) is 0 Å². The van der Waals surface area contributed by atoms with E-state index in [1.807, 2.05) is 6.92 Å². The van der Waals surface area contributed by atoms with Gasteiger partial charge in [-0.3, -0.25) is 4.79 Å². The van der Waals surface area contributed by atoms with Gasteiger partial charge >= 0.3 is 0 Å². The van der Waals surface area contributed by atoms with E-state index in [1.54, 1.807) is 13.0 Å². The molecule has 0 aliphatic rings. The minimum Gasteiger partial charge on any atom is -0.478 e. The highest BCUT2D eigenvalue weighted by Gasteiger charge is 2.18. The molecule has 1 aromatic rings. The molecule has 0 heterocycles. The lowest BCUT2D eigenvalue weighted by Crippen LogP contribution is -2.41. The van der Waals surface area contributed by atoms with Gasteiger partial charge in [-0.2, -0.15) is 0 Å². The Morgan fingerprint density at radius 1 is 1.45 bits per heavy atom. The fraction of sp³-hybridized carbons (Fsp3) is 0.533. The van der Waals surface area contributed by atoms with Crippen molar-refractivity contribution in [2.24, 2.45) is 5.73 Å². The van der Waals surface area contributed by atoms with Gasteiger partial charge in [0.1, 0.15) is 0 Å². The second-order valence-corrected chi connectivity index (χ2v) is 4.93. The quantitative estimate of drug-likeness (QED) is 0.807. The minimum atomic E-state index is -0.743. The van der Waals surface area contributed by atoms with Crippen LogP contribution in [0.1, 0.15) is 39.2 Å². The van der Waals surface area contributed by atoms with Gasteiger partial charge in [-0.25, -0.2) is 4.39 Å². The van der Waals surface area contributed by atoms with E-state index in [1.165, 1.54) is 12.1 Å². The molecule has 0 radical (unpaired) electrons. The predicted octanol–water partition coefficient (Wildman–Crippen LogP) is 2.36. The van der Waals surface area contributed by atoms with Crippen LogP contribution in [0, 0.1) is 5.82 Å². The predicted molar refractivity (Wildman–Crippen MR) is 76.9 cm³/mol. The Morgan fingerprint density at radius 2 is 2.15 bits per heavy atom. The summed E-state index contributed by atoms with van der Waals surface area (Å²) in [4.78, 5) is 11.9. The number of carbonyl (C=O) groups is 1. The fourth-order valence-electron chi connectivity index (χ4n) is 1.88. The second kappa shape index (κ2) is 7.85. The number of carbonyl (C=O) groups excluding carboxylic acids is 1. The summed E-state index contributed by atoms with van der Waals surface area (Å²) in [5, 5.41) is 2.84. The Hall–Kier alpha value is -1.62. The molecule has 112 valence electrons. The molecule has 2 atom stereocenters. The van der Waals surface area contributed by atoms with Crippen LogP contribution in [-0.2, 0) is 11.3 Å². The maximum atomic E-state index is 13.7. The van der Waals surface area contributed by atoms with E-state index < -0.39 is 11.9 Å². The van der Waals surface area contributed by atoms with Crippen LogP contribution in [0.4, 0.5) is 4.39 Å². The van der Waals surface area contributed by atoms with Crippen molar-refractivity contribution < 1.29 is 13.9 Å². The van der Waals surface area contributed by atoms with E-state index in [0.717, 1.165) is 12.8 Å². The maximum absolute atomic E-state index is 13.7. The number of hydrogen-bond donors (Lipinski definition) is 2. The van der Waals surface area contributed by atoms with Gasteiger partial charge in [0.25, 0.3) is 5.91 Å². The van der Waals surface area contributed by atoms with Crippen molar-refractivity contribution in [2.75, 3.05) is 0 Å². The molecule has 2 unspecified atom stereocenters. The standard InChI is InChI=1S/C15H23FN2O2/c1-4-5-10(2)18-15(19)11(3)20-14-7-6-12(9-17)8-13(14)16/h6-8,10-11H,4-5,9,17H2,1-3H3,(H,18,19). The molecule has 5 heteroatoms. The van der Waals surface area contributed by atoms with Crippen LogP contribution in [0.3, 0.4) is 0 Å². The van der Waals surface area contributed by atoms with Gasteiger partial charge in [0.15, 0.2) is 17.7 Å². The van der Waals surface area contributed by atoms with Crippen molar-refractivity contribution in [2.45, 2.75) is 52.3 Å². The van der Waals surface area contributed by atoms with E-state index in [2.05, 4.69) is 12.2 Å². The summed E-state index contributed by atoms with van der Waals surface area (Å²) >= 11 is 0. The lowest BCUT2D eigenvalue weighted by atomic mass is 10.2. The number of benzene rings is 1. The largest absolute Gasteiger partial charge is 0.478 e. The number of rotatable bonds is 7. The van der Waals surface area contributed by atoms with Crippen molar-refractivity contribution in [3.63, 3.8) is 0 Å². The lowest BCUT2D eigenvalue weighted by molar-refractivity contribution is -0.128. The molecule has 0 saturated heterocycles. The Bertz CT molecular complexity index is 451. The first kappa shape index (κ1) is 16.4. The lowest BCUT2D eigenvalue weighted by Gasteiger charge is -2.18. The van der Waals surface area contributed by atoms with Crippen LogP contribution in [0.25, 0.3) is 0 Å². The van der Waals surface area contributed by atoms with E-state index in [9.17, 15) is 9.18 Å². The van der Waals surface area contributed by atoms with Gasteiger partial charge < -0.3 is 15.8 Å². The Morgan fingerprint density at radius 3 is 2.70 bits per heavy atom. The normalized spacial score (nSPS) is 13.7. The van der Waals surface area contributed by atoms with Crippen LogP contribution in [0.5, 0.6) is 5.75 Å². The molecule has 0 saturated carbocycles. The van der Waals surface area contributed by atoms with E-state index in [4.69, 9.17) is 10.5 Å². The van der Waals surface area contributed by atoms with Crippen LogP contribution in [0.15, 0.2) is 18.2 Å². The molecule has 20 heavy (non-hydrogen) atoms. The van der Waals surface area contributed by atoms with Gasteiger partial charge in [-0.05, 0) is 38.0 Å². The summed E-state index contributed by atoms with van der Waals surface area (Å²) in [6, 6.07) is 4.59. The van der Waals surface area contributed by atoms with Crippen LogP contribution < -0.4 is 15.8 Å². The molecule has 0 aliphatic carbocycles. The SMILES string of the molecule is CCCC(C)NC(=O)C(C)Oc1ccc(CN)cc1F. The van der Waals surface area contributed by atoms with Crippen molar-refractivity contribution in [3.8, 4) is 5.75 Å². The average Bonchev–Trinajstić information content (AvgIpc) is 2.41. The highest BCUT2D eigenvalue weighted by molar-refractivity contribution is 5.80. The molecular formula is C15H23FN2O2. The molecule has 4 nitrogen and oxygen atoms in total. The molecular weight excluding hydrogens is 259 g/mol. The number of amides is 1. The number of hydrogen-bond acceptors (Lipinski definition) is 3. The van der Waals surface area contributed by atoms with E-state index in [-0.39, 0.29) is 24.2 Å². The van der Waals surface area contributed by atoms with E-state index >= 15 is 0 Å². The summed E-state index contributed by atoms with van der Waals surface area (Å²) in [6.07, 6.45) is 1.15. The molecule has 0 aliphatic heterocycles. The van der Waals surface area contributed by atoms with Crippen molar-refractivity contribution in [3.05, 3.63) is 29.6 Å². The minimum absolute atomic E-state index is 0.0630. The van der Waals surface area contributed by atoms with Gasteiger partial charge in [0.05, 0.1) is 0 Å². The molecule has 0 aromatic heterocycles. The first-order valence-electron chi connectivity index (χ1n) is 6.93. The number of ether oxygens (including phenoxy) is 1. The zero-order valence-electron chi connectivity index (χ0n) is 12.3. The fourth-order valence-corrected chi connectivity index (χ4v) is 1.88. The van der Waals surface area contributed by atoms with Gasteiger partial charge in [0, 0.05) is 12.6 Å². The molecule has 0 fully saturated rings. The molecule has 3 N–H and O–H groups in total. The molecule has 1 rings (SSSR count). The van der Waals surface area contributed by atoms with E-state index in [0.29, 0.717) is 5.56 Å². The first-order valence-corrected chi connectivity index (χ1v) is 6.93. The molecule has 0 spiro atoms. The van der Waals surface area contributed by atoms with Gasteiger partial charge in [-0.15, -0.1) is 0 Å². The first-order chi connectivity index (χ1) is 9.47. The Balaban J connectivity index is 2.61. The number of nitrogens with two attached hydrogens (primary N) is 1. The topological polar surface area (TPSA) is 64.3 Å². The maximum Gasteiger partial charge on any atom is 0.260 e. The average molecular weight is 282 g/mol. The number of nitrogens with one attached hydrogen (secondary N) is 1. The summed E-state index contributed by atoms with van der Waals surface area (Å²) in [6.45, 7) is 5.85. The Kier molecular flexibility index (Phi) is 6.45. The summed E-state index contributed by atoms with van der Waals surface area (Å²) < 4.78 is 19.1. The molecule has 1 aromatic carbocycles. The third-order valence-electron chi connectivity index (χ3n) is 3.02. The third kappa shape index (κ3) is 4.81. The molecule has 1 amide bonds. The zero-order valence-corrected chi connectivity index (χ0v) is 12.3. The smallest absolute Gasteiger partial charge is 0.260 e. The summed E-state index contributed by atoms with van der Waals surface area (Å²) in [5.41, 5.74) is 6.11. The highest BCUT2D eigenvalue weighted by Crippen LogP contribution is 2.19. The van der Waals surface area contributed by atoms with Crippen LogP contribution >= 0.6 is 0 Å². The van der Waals surface area contributed by atoms with Crippen molar-refractivity contribution in [1.82, 2.24) is 5.32 Å². The molecule has 0 bridgehead atoms. The Labute approximate surface area is 119 Å².